The molecule has 2 aromatic carbocycles. The zero-order chi connectivity index (χ0) is 21.6. The van der Waals surface area contributed by atoms with Crippen LogP contribution in [0.15, 0.2) is 52.9 Å². The van der Waals surface area contributed by atoms with Crippen molar-refractivity contribution in [3.63, 3.8) is 0 Å². The summed E-state index contributed by atoms with van der Waals surface area (Å²) in [5, 5.41) is 9.21. The third-order valence-corrected chi connectivity index (χ3v) is 5.07. The number of hydrogen-bond donors (Lipinski definition) is 1. The lowest BCUT2D eigenvalue weighted by Crippen LogP contribution is -2.37. The van der Waals surface area contributed by atoms with Gasteiger partial charge in [0.1, 0.15) is 11.3 Å². The molecule has 0 atom stereocenters. The summed E-state index contributed by atoms with van der Waals surface area (Å²) in [6.07, 6.45) is 4.25. The van der Waals surface area contributed by atoms with Crippen LogP contribution in [0.4, 0.5) is 6.01 Å². The Bertz CT molecular complexity index is 930. The highest BCUT2D eigenvalue weighted by atomic mass is 16.5. The van der Waals surface area contributed by atoms with Gasteiger partial charge in [-0.05, 0) is 56.5 Å². The number of ether oxygens (including phenoxy) is 1. The lowest BCUT2D eigenvalue weighted by atomic mass is 10.1. The molecular weight excluding hydrogens is 380 g/mol. The molecule has 0 aliphatic heterocycles. The third kappa shape index (κ3) is 5.53. The Morgan fingerprint density at radius 1 is 1.10 bits per heavy atom. The number of aliphatic carboxylic acids is 1. The van der Waals surface area contributed by atoms with E-state index in [-0.39, 0.29) is 0 Å². The number of para-hydroxylation sites is 2. The van der Waals surface area contributed by atoms with Crippen LogP contribution in [0.1, 0.15) is 45.6 Å². The SMILES string of the molecule is CCCCCN(CCc1ccc(OC(C)(C)C(=O)O)cc1)c1nc2ccccc2o1. The summed E-state index contributed by atoms with van der Waals surface area (Å²) in [7, 11) is 0. The Morgan fingerprint density at radius 3 is 2.50 bits per heavy atom. The molecule has 0 aliphatic rings. The van der Waals surface area contributed by atoms with Crippen molar-refractivity contribution >= 4 is 23.1 Å². The number of carboxylic acid groups (broad SMARTS) is 1. The monoisotopic (exact) mass is 410 g/mol. The highest BCUT2D eigenvalue weighted by Crippen LogP contribution is 2.23. The number of unbranched alkanes of at least 4 members (excludes halogenated alkanes) is 2. The maximum absolute atomic E-state index is 11.2. The van der Waals surface area contributed by atoms with E-state index in [1.54, 1.807) is 0 Å². The molecule has 0 amide bonds. The maximum Gasteiger partial charge on any atom is 0.347 e. The molecule has 0 aliphatic carbocycles. The predicted molar refractivity (Wildman–Crippen MR) is 118 cm³/mol. The topological polar surface area (TPSA) is 75.8 Å². The molecule has 3 aromatic rings. The van der Waals surface area contributed by atoms with Crippen molar-refractivity contribution in [3.05, 3.63) is 54.1 Å². The number of carbonyl (C=O) groups is 1. The minimum absolute atomic E-state index is 0.546. The van der Waals surface area contributed by atoms with E-state index in [9.17, 15) is 9.90 Å². The van der Waals surface area contributed by atoms with Crippen LogP contribution in [0.5, 0.6) is 5.75 Å². The Kier molecular flexibility index (Phi) is 6.98. The predicted octanol–water partition coefficient (Wildman–Crippen LogP) is 5.31. The fourth-order valence-electron chi connectivity index (χ4n) is 3.18. The first-order chi connectivity index (χ1) is 14.4. The van der Waals surface area contributed by atoms with E-state index < -0.39 is 11.6 Å². The number of hydrogen-bond acceptors (Lipinski definition) is 5. The summed E-state index contributed by atoms with van der Waals surface area (Å²) in [5.41, 5.74) is 1.56. The average Bonchev–Trinajstić information content (AvgIpc) is 3.15. The number of carboxylic acids is 1. The highest BCUT2D eigenvalue weighted by Gasteiger charge is 2.29. The molecule has 6 nitrogen and oxygen atoms in total. The molecule has 0 bridgehead atoms. The second-order valence-electron chi connectivity index (χ2n) is 7.97. The lowest BCUT2D eigenvalue weighted by molar-refractivity contribution is -0.152. The number of rotatable bonds is 11. The first-order valence-corrected chi connectivity index (χ1v) is 10.5. The van der Waals surface area contributed by atoms with E-state index in [1.165, 1.54) is 20.3 Å². The van der Waals surface area contributed by atoms with Gasteiger partial charge in [-0.3, -0.25) is 0 Å². The van der Waals surface area contributed by atoms with Crippen LogP contribution in [0, 0.1) is 0 Å². The van der Waals surface area contributed by atoms with Crippen molar-refractivity contribution in [1.29, 1.82) is 0 Å². The standard InChI is InChI=1S/C24H30N2O4/c1-4-5-8-16-26(23-25-20-9-6-7-10-21(20)29-23)17-15-18-11-13-19(14-12-18)30-24(2,3)22(27)28/h6-7,9-14H,4-5,8,15-17H2,1-3H3,(H,27,28). The van der Waals surface area contributed by atoms with E-state index in [0.717, 1.165) is 49.0 Å². The Hall–Kier alpha value is -3.02. The number of aromatic nitrogens is 1. The van der Waals surface area contributed by atoms with Crippen LogP contribution in [0.25, 0.3) is 11.1 Å². The van der Waals surface area contributed by atoms with Crippen LogP contribution < -0.4 is 9.64 Å². The van der Waals surface area contributed by atoms with Crippen molar-refractivity contribution in [2.24, 2.45) is 0 Å². The number of oxazole rings is 1. The highest BCUT2D eigenvalue weighted by molar-refractivity contribution is 5.76. The zero-order valence-electron chi connectivity index (χ0n) is 17.9. The molecule has 0 unspecified atom stereocenters. The zero-order valence-corrected chi connectivity index (χ0v) is 17.9. The fourth-order valence-corrected chi connectivity index (χ4v) is 3.18. The molecule has 0 radical (unpaired) electrons. The summed E-state index contributed by atoms with van der Waals surface area (Å²) in [5.74, 6) is -0.447. The number of nitrogens with zero attached hydrogens (tertiary/aromatic N) is 2. The molecule has 3 rings (SSSR count). The average molecular weight is 411 g/mol. The fraction of sp³-hybridized carbons (Fsp3) is 0.417. The van der Waals surface area contributed by atoms with Crippen molar-refractivity contribution < 1.29 is 19.1 Å². The molecule has 1 heterocycles. The van der Waals surface area contributed by atoms with E-state index in [0.29, 0.717) is 11.8 Å². The van der Waals surface area contributed by atoms with Gasteiger partial charge < -0.3 is 19.2 Å². The van der Waals surface area contributed by atoms with Crippen molar-refractivity contribution in [3.8, 4) is 5.75 Å². The largest absolute Gasteiger partial charge is 0.478 e. The van der Waals surface area contributed by atoms with Crippen LogP contribution in [0.2, 0.25) is 0 Å². The van der Waals surface area contributed by atoms with Crippen LogP contribution >= 0.6 is 0 Å². The Balaban J connectivity index is 1.66. The smallest absolute Gasteiger partial charge is 0.347 e. The van der Waals surface area contributed by atoms with Crippen LogP contribution in [0.3, 0.4) is 0 Å². The molecule has 160 valence electrons. The quantitative estimate of drug-likeness (QED) is 0.432. The number of fused-ring (bicyclic) bond motifs is 1. The molecule has 1 aromatic heterocycles. The minimum Gasteiger partial charge on any atom is -0.478 e. The molecule has 30 heavy (non-hydrogen) atoms. The van der Waals surface area contributed by atoms with Gasteiger partial charge in [0.15, 0.2) is 11.2 Å². The van der Waals surface area contributed by atoms with Gasteiger partial charge in [-0.25, -0.2) is 4.79 Å². The molecule has 0 spiro atoms. The van der Waals surface area contributed by atoms with Gasteiger partial charge in [0, 0.05) is 13.1 Å². The summed E-state index contributed by atoms with van der Waals surface area (Å²) in [6, 6.07) is 16.1. The van der Waals surface area contributed by atoms with Crippen LogP contribution in [-0.2, 0) is 11.2 Å². The van der Waals surface area contributed by atoms with E-state index in [4.69, 9.17) is 9.15 Å². The molecule has 0 saturated heterocycles. The minimum atomic E-state index is -1.26. The lowest BCUT2D eigenvalue weighted by Gasteiger charge is -2.22. The number of anilines is 1. The van der Waals surface area contributed by atoms with E-state index in [1.807, 2.05) is 48.5 Å². The summed E-state index contributed by atoms with van der Waals surface area (Å²) in [6.45, 7) is 6.96. The first kappa shape index (κ1) is 21.7. The molecular formula is C24H30N2O4. The van der Waals surface area contributed by atoms with Gasteiger partial charge >= 0.3 is 5.97 Å². The van der Waals surface area contributed by atoms with Crippen molar-refractivity contribution in [2.75, 3.05) is 18.0 Å². The number of benzene rings is 2. The Morgan fingerprint density at radius 2 is 1.83 bits per heavy atom. The summed E-state index contributed by atoms with van der Waals surface area (Å²) < 4.78 is 11.6. The summed E-state index contributed by atoms with van der Waals surface area (Å²) >= 11 is 0. The second-order valence-corrected chi connectivity index (χ2v) is 7.97. The van der Waals surface area contributed by atoms with E-state index >= 15 is 0 Å². The summed E-state index contributed by atoms with van der Waals surface area (Å²) in [4.78, 5) is 18.1. The second kappa shape index (κ2) is 9.65. The van der Waals surface area contributed by atoms with Gasteiger partial charge in [-0.15, -0.1) is 0 Å². The van der Waals surface area contributed by atoms with Crippen LogP contribution in [-0.4, -0.2) is 34.8 Å². The molecule has 6 heteroatoms. The van der Waals surface area contributed by atoms with Gasteiger partial charge in [-0.1, -0.05) is 44.0 Å². The van der Waals surface area contributed by atoms with Crippen molar-refractivity contribution in [2.45, 2.75) is 52.1 Å². The molecule has 1 N–H and O–H groups in total. The van der Waals surface area contributed by atoms with Gasteiger partial charge in [0.2, 0.25) is 0 Å². The van der Waals surface area contributed by atoms with E-state index in [2.05, 4.69) is 16.8 Å². The molecule has 0 saturated carbocycles. The normalized spacial score (nSPS) is 11.6. The van der Waals surface area contributed by atoms with Crippen molar-refractivity contribution in [1.82, 2.24) is 4.98 Å². The first-order valence-electron chi connectivity index (χ1n) is 10.5. The van der Waals surface area contributed by atoms with Gasteiger partial charge in [-0.2, -0.15) is 4.98 Å². The maximum atomic E-state index is 11.2. The third-order valence-electron chi connectivity index (χ3n) is 5.07. The van der Waals surface area contributed by atoms with Gasteiger partial charge in [0.05, 0.1) is 0 Å². The van der Waals surface area contributed by atoms with Gasteiger partial charge in [0.25, 0.3) is 6.01 Å². The Labute approximate surface area is 177 Å². The molecule has 0 fully saturated rings.